The number of nitrogens with zero attached hydrogens (tertiary/aromatic N) is 2. The van der Waals surface area contributed by atoms with E-state index in [9.17, 15) is 18.0 Å². The number of hydrogen-bond donors (Lipinski definition) is 2. The molecule has 1 aromatic carbocycles. The van der Waals surface area contributed by atoms with Crippen LogP contribution < -0.4 is 9.46 Å². The quantitative estimate of drug-likeness (QED) is 0.143. The van der Waals surface area contributed by atoms with Crippen molar-refractivity contribution in [1.29, 1.82) is 0 Å². The zero-order valence-corrected chi connectivity index (χ0v) is 24.7. The molecule has 1 aromatic heterocycles. The molecule has 10 nitrogen and oxygen atoms in total. The van der Waals surface area contributed by atoms with Crippen molar-refractivity contribution in [2.24, 2.45) is 0 Å². The smallest absolute Gasteiger partial charge is 0.373 e. The summed E-state index contributed by atoms with van der Waals surface area (Å²) in [6.45, 7) is 6.25. The second-order valence-corrected chi connectivity index (χ2v) is 12.4. The molecule has 0 atom stereocenters. The predicted molar refractivity (Wildman–Crippen MR) is 153 cm³/mol. The minimum absolute atomic E-state index is 0.0444. The number of esters is 1. The summed E-state index contributed by atoms with van der Waals surface area (Å²) in [6, 6.07) is 6.11. The summed E-state index contributed by atoms with van der Waals surface area (Å²) in [5.41, 5.74) is -0.333. The van der Waals surface area contributed by atoms with E-state index in [4.69, 9.17) is 14.6 Å². The van der Waals surface area contributed by atoms with Crippen LogP contribution in [0.3, 0.4) is 0 Å². The van der Waals surface area contributed by atoms with Crippen LogP contribution in [-0.2, 0) is 19.6 Å². The molecule has 0 amide bonds. The van der Waals surface area contributed by atoms with Gasteiger partial charge in [-0.2, -0.15) is 0 Å². The summed E-state index contributed by atoms with van der Waals surface area (Å²) < 4.78 is 38.5. The lowest BCUT2D eigenvalue weighted by Crippen LogP contribution is -2.23. The van der Waals surface area contributed by atoms with Gasteiger partial charge < -0.3 is 14.6 Å². The summed E-state index contributed by atoms with van der Waals surface area (Å²) in [5, 5.41) is 8.83. The minimum atomic E-state index is -3.87. The first-order chi connectivity index (χ1) is 19.0. The number of rotatable bonds is 19. The lowest BCUT2D eigenvalue weighted by Gasteiger charge is -2.19. The molecule has 0 aliphatic carbocycles. The monoisotopic (exact) mass is 577 g/mol. The Morgan fingerprint density at radius 3 is 1.82 bits per heavy atom. The van der Waals surface area contributed by atoms with Crippen molar-refractivity contribution in [1.82, 2.24) is 9.97 Å². The summed E-state index contributed by atoms with van der Waals surface area (Å²) >= 11 is 0. The third kappa shape index (κ3) is 13.7. The normalized spacial score (nSPS) is 11.7. The van der Waals surface area contributed by atoms with Crippen LogP contribution in [0.2, 0.25) is 0 Å². The number of unbranched alkanes of at least 4 members (excludes halogenated alkanes) is 10. The van der Waals surface area contributed by atoms with Gasteiger partial charge in [0.1, 0.15) is 11.4 Å². The minimum Gasteiger partial charge on any atom is -0.494 e. The van der Waals surface area contributed by atoms with Gasteiger partial charge in [-0.1, -0.05) is 57.8 Å². The number of benzene rings is 1. The van der Waals surface area contributed by atoms with Gasteiger partial charge in [-0.25, -0.2) is 23.2 Å². The zero-order chi connectivity index (χ0) is 29.4. The van der Waals surface area contributed by atoms with Gasteiger partial charge in [0.15, 0.2) is 0 Å². The molecule has 11 heteroatoms. The van der Waals surface area contributed by atoms with Crippen LogP contribution in [0.5, 0.6) is 5.75 Å². The molecule has 0 aliphatic rings. The fraction of sp³-hybridized carbons (Fsp3) is 0.586. The maximum atomic E-state index is 12.5. The highest BCUT2D eigenvalue weighted by molar-refractivity contribution is 7.92. The van der Waals surface area contributed by atoms with E-state index in [1.807, 2.05) is 20.8 Å². The van der Waals surface area contributed by atoms with Gasteiger partial charge >= 0.3 is 11.9 Å². The second-order valence-electron chi connectivity index (χ2n) is 10.8. The van der Waals surface area contributed by atoms with E-state index in [0.29, 0.717) is 18.8 Å². The standard InChI is InChI=1S/C29H43N3O7S/c1-29(2,3)39-26(33)15-13-11-9-7-5-4-6-8-10-12-14-20-38-24-16-18-25(19-17-24)40(36,37)32-23-21-30-27(28(34)35)31-22-23/h16-19,21-22,32H,4-15,20H2,1-3H3,(H,34,35). The third-order valence-corrected chi connectivity index (χ3v) is 7.34. The Morgan fingerprint density at radius 2 is 1.32 bits per heavy atom. The van der Waals surface area contributed by atoms with Gasteiger partial charge in [0.25, 0.3) is 10.0 Å². The van der Waals surface area contributed by atoms with Crippen molar-refractivity contribution in [3.8, 4) is 5.75 Å². The highest BCUT2D eigenvalue weighted by atomic mass is 32.2. The Balaban J connectivity index is 1.49. The molecule has 0 unspecified atom stereocenters. The Kier molecular flexibility index (Phi) is 13.9. The van der Waals surface area contributed by atoms with Crippen LogP contribution in [-0.4, -0.2) is 47.6 Å². The van der Waals surface area contributed by atoms with E-state index in [1.165, 1.54) is 57.1 Å². The van der Waals surface area contributed by atoms with E-state index in [0.717, 1.165) is 38.1 Å². The molecule has 2 rings (SSSR count). The van der Waals surface area contributed by atoms with Crippen molar-refractivity contribution < 1.29 is 32.6 Å². The number of ether oxygens (including phenoxy) is 2. The largest absolute Gasteiger partial charge is 0.494 e. The van der Waals surface area contributed by atoms with Crippen LogP contribution >= 0.6 is 0 Å². The van der Waals surface area contributed by atoms with Gasteiger partial charge in [0.05, 0.1) is 29.6 Å². The number of sulfonamides is 1. The summed E-state index contributed by atoms with van der Waals surface area (Å²) in [5.74, 6) is -1.21. The molecule has 0 aliphatic heterocycles. The molecule has 40 heavy (non-hydrogen) atoms. The maximum absolute atomic E-state index is 12.5. The lowest BCUT2D eigenvalue weighted by molar-refractivity contribution is -0.154. The Bertz CT molecular complexity index is 1150. The SMILES string of the molecule is CC(C)(C)OC(=O)CCCCCCCCCCCCCOc1ccc(S(=O)(=O)Nc2cnc(C(=O)O)nc2)cc1. The molecule has 0 saturated carbocycles. The van der Waals surface area contributed by atoms with Gasteiger partial charge in [-0.05, 0) is 57.9 Å². The molecular weight excluding hydrogens is 534 g/mol. The summed E-state index contributed by atoms with van der Waals surface area (Å²) in [4.78, 5) is 29.7. The number of carboxylic acid groups (broad SMARTS) is 1. The molecule has 0 spiro atoms. The number of carboxylic acids is 1. The number of carbonyl (C=O) groups excluding carboxylic acids is 1. The number of hydrogen-bond acceptors (Lipinski definition) is 8. The van der Waals surface area contributed by atoms with Crippen LogP contribution in [0.4, 0.5) is 5.69 Å². The van der Waals surface area contributed by atoms with Gasteiger partial charge in [0, 0.05) is 6.42 Å². The van der Waals surface area contributed by atoms with Gasteiger partial charge in [-0.3, -0.25) is 9.52 Å². The Hall–Kier alpha value is -3.21. The number of carbonyl (C=O) groups is 2. The van der Waals surface area contributed by atoms with E-state index < -0.39 is 27.4 Å². The van der Waals surface area contributed by atoms with E-state index >= 15 is 0 Å². The highest BCUT2D eigenvalue weighted by Crippen LogP contribution is 2.19. The average Bonchev–Trinajstić information content (AvgIpc) is 2.88. The molecule has 0 fully saturated rings. The fourth-order valence-corrected chi connectivity index (χ4v) is 4.99. The van der Waals surface area contributed by atoms with E-state index in [-0.39, 0.29) is 16.6 Å². The lowest BCUT2D eigenvalue weighted by atomic mass is 10.1. The first-order valence-electron chi connectivity index (χ1n) is 14.0. The van der Waals surface area contributed by atoms with E-state index in [2.05, 4.69) is 14.7 Å². The molecule has 0 radical (unpaired) electrons. The topological polar surface area (TPSA) is 145 Å². The molecule has 0 bridgehead atoms. The first-order valence-corrected chi connectivity index (χ1v) is 15.5. The Morgan fingerprint density at radius 1 is 0.825 bits per heavy atom. The molecule has 2 N–H and O–H groups in total. The second kappa shape index (κ2) is 16.8. The third-order valence-electron chi connectivity index (χ3n) is 5.94. The van der Waals surface area contributed by atoms with Crippen LogP contribution in [0.1, 0.15) is 108 Å². The van der Waals surface area contributed by atoms with Crippen molar-refractivity contribution in [3.63, 3.8) is 0 Å². The van der Waals surface area contributed by atoms with Crippen molar-refractivity contribution in [2.45, 2.75) is 108 Å². The van der Waals surface area contributed by atoms with Gasteiger partial charge in [0.2, 0.25) is 5.82 Å². The van der Waals surface area contributed by atoms with Crippen LogP contribution in [0.15, 0.2) is 41.6 Å². The van der Waals surface area contributed by atoms with Crippen molar-refractivity contribution >= 4 is 27.6 Å². The number of anilines is 1. The molecule has 2 aromatic rings. The van der Waals surface area contributed by atoms with Crippen LogP contribution in [0, 0.1) is 0 Å². The number of nitrogens with one attached hydrogen (secondary N) is 1. The number of aromatic carboxylic acids is 1. The predicted octanol–water partition coefficient (Wildman–Crippen LogP) is 6.38. The Labute approximate surface area is 238 Å². The first kappa shape index (κ1) is 33.0. The molecule has 222 valence electrons. The summed E-state index contributed by atoms with van der Waals surface area (Å²) in [6.07, 6.45) is 15.2. The molecular formula is C29H43N3O7S. The van der Waals surface area contributed by atoms with E-state index in [1.54, 1.807) is 12.1 Å². The van der Waals surface area contributed by atoms with Crippen LogP contribution in [0.25, 0.3) is 0 Å². The number of aromatic nitrogens is 2. The molecule has 1 heterocycles. The average molecular weight is 578 g/mol. The van der Waals surface area contributed by atoms with Gasteiger partial charge in [-0.15, -0.1) is 0 Å². The van der Waals surface area contributed by atoms with Crippen molar-refractivity contribution in [3.05, 3.63) is 42.5 Å². The van der Waals surface area contributed by atoms with Crippen molar-refractivity contribution in [2.75, 3.05) is 11.3 Å². The highest BCUT2D eigenvalue weighted by Gasteiger charge is 2.16. The maximum Gasteiger partial charge on any atom is 0.373 e. The molecule has 0 saturated heterocycles. The zero-order valence-electron chi connectivity index (χ0n) is 23.9. The summed E-state index contributed by atoms with van der Waals surface area (Å²) in [7, 11) is -3.87. The fourth-order valence-electron chi connectivity index (χ4n) is 3.97.